The van der Waals surface area contributed by atoms with Crippen molar-refractivity contribution in [2.75, 3.05) is 0 Å². The van der Waals surface area contributed by atoms with Crippen LogP contribution in [0.3, 0.4) is 0 Å². The third-order valence-corrected chi connectivity index (χ3v) is 19.5. The second-order valence-electron chi connectivity index (χ2n) is 25.7. The fraction of sp³-hybridized carbons (Fsp3) is 0.143. The lowest BCUT2D eigenvalue weighted by Crippen LogP contribution is -2.15. The molecule has 16 rings (SSSR count). The molecule has 0 heterocycles. The molecule has 0 unspecified atom stereocenters. The minimum atomic E-state index is -0.275. The van der Waals surface area contributed by atoms with Crippen LogP contribution in [0.4, 0.5) is 0 Å². The van der Waals surface area contributed by atoms with Crippen molar-refractivity contribution in [3.8, 4) is 83.6 Å². The van der Waals surface area contributed by atoms with Crippen LogP contribution in [0.2, 0.25) is 0 Å². The van der Waals surface area contributed by atoms with Gasteiger partial charge < -0.3 is 4.74 Å². The number of hydrogen-bond acceptors (Lipinski definition) is 1. The molecule has 0 radical (unpaired) electrons. The van der Waals surface area contributed by atoms with Gasteiger partial charge in [-0.2, -0.15) is 0 Å². The molecule has 0 bridgehead atoms. The number of ether oxygens (including phenoxy) is 1. The Morgan fingerprint density at radius 1 is 0.259 bits per heavy atom. The van der Waals surface area contributed by atoms with Crippen LogP contribution in [-0.4, -0.2) is 6.10 Å². The second kappa shape index (κ2) is 19.0. The molecule has 1 nitrogen and oxygen atoms in total. The van der Waals surface area contributed by atoms with E-state index in [1.54, 1.807) is 0 Å². The van der Waals surface area contributed by atoms with Gasteiger partial charge >= 0.3 is 0 Å². The van der Waals surface area contributed by atoms with Crippen LogP contribution in [0.5, 0.6) is 5.75 Å². The van der Waals surface area contributed by atoms with Crippen molar-refractivity contribution >= 4 is 64.6 Å². The molecular formula is C84H66O. The van der Waals surface area contributed by atoms with Gasteiger partial charge in [0, 0.05) is 10.8 Å². The third kappa shape index (κ3) is 7.62. The van der Waals surface area contributed by atoms with E-state index in [0.717, 1.165) is 5.75 Å². The highest BCUT2D eigenvalue weighted by Gasteiger charge is 2.38. The van der Waals surface area contributed by atoms with Gasteiger partial charge in [0.1, 0.15) is 5.75 Å². The van der Waals surface area contributed by atoms with Gasteiger partial charge in [-0.05, 0) is 220 Å². The number of fused-ring (bicyclic) bond motifs is 12. The quantitative estimate of drug-likeness (QED) is 0.138. The molecule has 0 fully saturated rings. The van der Waals surface area contributed by atoms with Crippen LogP contribution in [0, 0.1) is 0 Å². The fourth-order valence-electron chi connectivity index (χ4n) is 15.5. The summed E-state index contributed by atoms with van der Waals surface area (Å²) in [4.78, 5) is 0. The molecule has 2 aliphatic carbocycles. The van der Waals surface area contributed by atoms with E-state index in [9.17, 15) is 0 Å². The van der Waals surface area contributed by atoms with E-state index in [1.165, 1.54) is 170 Å². The number of hydrogen-bond donors (Lipinski definition) is 0. The van der Waals surface area contributed by atoms with Crippen molar-refractivity contribution in [3.05, 3.63) is 270 Å². The highest BCUT2D eigenvalue weighted by Crippen LogP contribution is 2.56. The molecular weight excluding hydrogens is 1020 g/mol. The van der Waals surface area contributed by atoms with E-state index in [-0.39, 0.29) is 16.9 Å². The van der Waals surface area contributed by atoms with Crippen molar-refractivity contribution < 1.29 is 4.74 Å². The van der Waals surface area contributed by atoms with Crippen LogP contribution in [0.25, 0.3) is 143 Å². The Morgan fingerprint density at radius 2 is 0.506 bits per heavy atom. The van der Waals surface area contributed by atoms with Gasteiger partial charge in [-0.3, -0.25) is 0 Å². The standard InChI is InChI=1S/C84H66O/c1-49(2)52-35-41-57-58-42-37-54(47-74(58)83(5,6)73(57)45-52)79-65-25-13-17-29-69(65)81(70-30-18-14-26-66(70)79)82-71-31-19-15-27-67(71)80(68-28-16-20-32-72(68)82)55-38-44-60-59-43-36-53(46-75(59)84(7,8)76(60)48-55)78-63-23-11-9-21-61(63)77(62-22-10-12-24-64(62)78)51-33-39-56(40-34-51)85-50(3)4/h9-50H,1-8H3. The molecule has 1 heteroatoms. The summed E-state index contributed by atoms with van der Waals surface area (Å²) in [7, 11) is 0. The van der Waals surface area contributed by atoms with Crippen molar-refractivity contribution in [2.24, 2.45) is 0 Å². The second-order valence-corrected chi connectivity index (χ2v) is 25.7. The molecule has 0 aliphatic heterocycles. The predicted molar refractivity (Wildman–Crippen MR) is 364 cm³/mol. The zero-order valence-electron chi connectivity index (χ0n) is 49.7. The molecule has 0 N–H and O–H groups in total. The van der Waals surface area contributed by atoms with Gasteiger partial charge in [-0.15, -0.1) is 0 Å². The first-order chi connectivity index (χ1) is 41.3. The van der Waals surface area contributed by atoms with Crippen molar-refractivity contribution in [1.82, 2.24) is 0 Å². The Bertz CT molecular complexity index is 4970. The highest BCUT2D eigenvalue weighted by molar-refractivity contribution is 6.30. The van der Waals surface area contributed by atoms with E-state index >= 15 is 0 Å². The third-order valence-electron chi connectivity index (χ3n) is 19.5. The van der Waals surface area contributed by atoms with Crippen LogP contribution in [-0.2, 0) is 10.8 Å². The Hall–Kier alpha value is -9.56. The summed E-state index contributed by atoms with van der Waals surface area (Å²) >= 11 is 0. The van der Waals surface area contributed by atoms with Crippen LogP contribution >= 0.6 is 0 Å². The maximum atomic E-state index is 6.08. The summed E-state index contributed by atoms with van der Waals surface area (Å²) in [6.45, 7) is 18.4. The lowest BCUT2D eigenvalue weighted by Gasteiger charge is -2.25. The SMILES string of the molecule is CC(C)Oc1ccc(-c2c3ccccc3c(-c3ccc4c(c3)C(C)(C)c3cc(-c5c6ccccc6c(-c6c7ccccc7c(-c7ccc8c(c7)C(C)(C)c7cc(C(C)C)ccc7-8)c7ccccc67)c6ccccc56)ccc3-4)c3ccccc23)cc1. The Morgan fingerprint density at radius 3 is 0.788 bits per heavy atom. The minimum absolute atomic E-state index is 0.116. The van der Waals surface area contributed by atoms with Gasteiger partial charge in [-0.1, -0.05) is 254 Å². The van der Waals surface area contributed by atoms with E-state index in [4.69, 9.17) is 4.74 Å². The van der Waals surface area contributed by atoms with Crippen molar-refractivity contribution in [1.29, 1.82) is 0 Å². The van der Waals surface area contributed by atoms with Gasteiger partial charge in [0.15, 0.2) is 0 Å². The highest BCUT2D eigenvalue weighted by atomic mass is 16.5. The zero-order chi connectivity index (χ0) is 57.6. The molecule has 0 amide bonds. The van der Waals surface area contributed by atoms with Crippen LogP contribution in [0.1, 0.15) is 89.1 Å². The average Bonchev–Trinajstić information content (AvgIpc) is 1.89. The van der Waals surface area contributed by atoms with E-state index in [0.29, 0.717) is 5.92 Å². The maximum Gasteiger partial charge on any atom is 0.119 e. The fourth-order valence-corrected chi connectivity index (χ4v) is 15.5. The minimum Gasteiger partial charge on any atom is -0.491 e. The smallest absolute Gasteiger partial charge is 0.119 e. The molecule has 14 aromatic rings. The Balaban J connectivity index is 0.838. The predicted octanol–water partition coefficient (Wildman–Crippen LogP) is 23.5. The topological polar surface area (TPSA) is 9.23 Å². The first-order valence-electron chi connectivity index (χ1n) is 30.5. The van der Waals surface area contributed by atoms with Gasteiger partial charge in [0.25, 0.3) is 0 Å². The van der Waals surface area contributed by atoms with Crippen molar-refractivity contribution in [2.45, 2.75) is 78.2 Å². The van der Waals surface area contributed by atoms with Gasteiger partial charge in [0.05, 0.1) is 6.10 Å². The average molecular weight is 1090 g/mol. The summed E-state index contributed by atoms with van der Waals surface area (Å²) in [6.07, 6.45) is 0.116. The van der Waals surface area contributed by atoms with E-state index < -0.39 is 0 Å². The zero-order valence-corrected chi connectivity index (χ0v) is 49.7. The molecule has 0 saturated heterocycles. The summed E-state index contributed by atoms with van der Waals surface area (Å²) in [5.74, 6) is 1.36. The number of rotatable bonds is 8. The lowest BCUT2D eigenvalue weighted by atomic mass is 9.78. The molecule has 0 aromatic heterocycles. The van der Waals surface area contributed by atoms with Crippen LogP contribution < -0.4 is 4.74 Å². The molecule has 408 valence electrons. The summed E-state index contributed by atoms with van der Waals surface area (Å²) in [5.41, 5.74) is 24.5. The summed E-state index contributed by atoms with van der Waals surface area (Å²) in [5, 5.41) is 15.1. The maximum absolute atomic E-state index is 6.08. The van der Waals surface area contributed by atoms with Crippen molar-refractivity contribution in [3.63, 3.8) is 0 Å². The Labute approximate surface area is 498 Å². The first kappa shape index (κ1) is 51.1. The van der Waals surface area contributed by atoms with Crippen LogP contribution in [0.15, 0.2) is 243 Å². The molecule has 14 aromatic carbocycles. The molecule has 0 atom stereocenters. The first-order valence-corrected chi connectivity index (χ1v) is 30.5. The largest absolute Gasteiger partial charge is 0.491 e. The normalized spacial score (nSPS) is 13.8. The molecule has 0 saturated carbocycles. The monoisotopic (exact) mass is 1090 g/mol. The van der Waals surface area contributed by atoms with E-state index in [2.05, 4.69) is 298 Å². The lowest BCUT2D eigenvalue weighted by molar-refractivity contribution is 0.242. The van der Waals surface area contributed by atoms with Gasteiger partial charge in [-0.25, -0.2) is 0 Å². The summed E-state index contributed by atoms with van der Waals surface area (Å²) < 4.78 is 6.08. The Kier molecular flexibility index (Phi) is 11.4. The molecule has 2 aliphatic rings. The van der Waals surface area contributed by atoms with Gasteiger partial charge in [0.2, 0.25) is 0 Å². The molecule has 0 spiro atoms. The van der Waals surface area contributed by atoms with E-state index in [1.807, 2.05) is 0 Å². The number of benzene rings is 14. The molecule has 85 heavy (non-hydrogen) atoms. The summed E-state index contributed by atoms with van der Waals surface area (Å²) in [6, 6.07) is 92.5.